The van der Waals surface area contributed by atoms with Crippen LogP contribution in [0.4, 0.5) is 28.7 Å². The first-order chi connectivity index (χ1) is 17.6. The van der Waals surface area contributed by atoms with Gasteiger partial charge in [0.25, 0.3) is 5.91 Å². The number of anilines is 5. The van der Waals surface area contributed by atoms with Gasteiger partial charge in [0.05, 0.1) is 29.3 Å². The number of hydrogen-bond acceptors (Lipinski definition) is 9. The van der Waals surface area contributed by atoms with Crippen molar-refractivity contribution in [2.45, 2.75) is 20.4 Å². The quantitative estimate of drug-likeness (QED) is 0.413. The second-order valence-corrected chi connectivity index (χ2v) is 7.93. The normalized spacial score (nSPS) is 13.7. The van der Waals surface area contributed by atoms with Crippen LogP contribution in [0.3, 0.4) is 0 Å². The van der Waals surface area contributed by atoms with Gasteiger partial charge >= 0.3 is 0 Å². The minimum absolute atomic E-state index is 0.174. The fourth-order valence-corrected chi connectivity index (χ4v) is 3.84. The lowest BCUT2D eigenvalue weighted by molar-refractivity contribution is 0.0958. The summed E-state index contributed by atoms with van der Waals surface area (Å²) in [5.74, 6) is 1.44. The lowest BCUT2D eigenvalue weighted by atomic mass is 10.1. The fraction of sp³-hybridized carbons (Fsp3) is 0.217. The summed E-state index contributed by atoms with van der Waals surface area (Å²) in [6.45, 7) is 1.60. The maximum atomic E-state index is 12.8. The highest BCUT2D eigenvalue weighted by molar-refractivity contribution is 5.99. The molecule has 0 saturated carbocycles. The smallest absolute Gasteiger partial charge is 0.273 e. The minimum atomic E-state index is -2.69. The fourth-order valence-electron chi connectivity index (χ4n) is 3.84. The maximum Gasteiger partial charge on any atom is 0.273 e. The van der Waals surface area contributed by atoms with Crippen LogP contribution in [0.5, 0.6) is 0 Å². The zero-order valence-corrected chi connectivity index (χ0v) is 18.8. The molecule has 34 heavy (non-hydrogen) atoms. The lowest BCUT2D eigenvalue weighted by Crippen LogP contribution is -2.27. The van der Waals surface area contributed by atoms with Crippen molar-refractivity contribution in [2.75, 3.05) is 29.6 Å². The predicted molar refractivity (Wildman–Crippen MR) is 129 cm³/mol. The van der Waals surface area contributed by atoms with Crippen LogP contribution in [0.15, 0.2) is 42.6 Å². The van der Waals surface area contributed by atoms with Crippen LogP contribution in [0, 0.1) is 13.8 Å². The largest absolute Gasteiger partial charge is 0.364 e. The van der Waals surface area contributed by atoms with Crippen molar-refractivity contribution in [3.63, 3.8) is 0 Å². The molecule has 4 aromatic rings. The molecule has 0 aliphatic carbocycles. The third-order valence-corrected chi connectivity index (χ3v) is 5.34. The highest BCUT2D eigenvalue weighted by atomic mass is 16.1. The van der Waals surface area contributed by atoms with E-state index in [2.05, 4.69) is 35.9 Å². The number of para-hydroxylation sites is 1. The van der Waals surface area contributed by atoms with Crippen LogP contribution in [0.2, 0.25) is 0 Å². The number of hydrogen-bond donors (Lipinski definition) is 3. The Balaban J connectivity index is 1.56. The Morgan fingerprint density at radius 1 is 1.09 bits per heavy atom. The van der Waals surface area contributed by atoms with Gasteiger partial charge in [-0.2, -0.15) is 5.10 Å². The Hall–Kier alpha value is -4.54. The van der Waals surface area contributed by atoms with Gasteiger partial charge in [-0.1, -0.05) is 12.1 Å². The van der Waals surface area contributed by atoms with E-state index in [0.29, 0.717) is 29.7 Å². The standard InChI is InChI=1S/C23H24N10O/c1-13-8-9-18(25-11-13)28-19-10-16(21(30-29-19)23(34)24-3)27-15-6-5-7-17-22(15)32(4)12-20-26-14(2)31-33(17)20/h5-11H,12H2,1-4H3,(H,24,34)(H2,25,27,28,29)/i3D3. The molecule has 0 atom stereocenters. The van der Waals surface area contributed by atoms with Crippen molar-refractivity contribution in [2.24, 2.45) is 0 Å². The van der Waals surface area contributed by atoms with Crippen LogP contribution in [-0.2, 0) is 6.54 Å². The third kappa shape index (κ3) is 3.87. The van der Waals surface area contributed by atoms with E-state index in [1.165, 1.54) is 0 Å². The molecule has 11 nitrogen and oxygen atoms in total. The van der Waals surface area contributed by atoms with Crippen LogP contribution in [0.1, 0.15) is 31.8 Å². The summed E-state index contributed by atoms with van der Waals surface area (Å²) < 4.78 is 24.1. The van der Waals surface area contributed by atoms with E-state index in [9.17, 15) is 4.79 Å². The van der Waals surface area contributed by atoms with Gasteiger partial charge in [-0.05, 0) is 37.6 Å². The average molecular weight is 460 g/mol. The van der Waals surface area contributed by atoms with Gasteiger partial charge in [0.2, 0.25) is 0 Å². The summed E-state index contributed by atoms with van der Waals surface area (Å²) in [7, 11) is 1.93. The highest BCUT2D eigenvalue weighted by Gasteiger charge is 2.25. The first-order valence-electron chi connectivity index (χ1n) is 12.0. The molecule has 1 aliphatic heterocycles. The van der Waals surface area contributed by atoms with Crippen molar-refractivity contribution in [1.29, 1.82) is 0 Å². The first kappa shape index (κ1) is 18.0. The number of nitrogens with one attached hydrogen (secondary N) is 3. The molecule has 3 N–H and O–H groups in total. The number of aromatic nitrogens is 6. The van der Waals surface area contributed by atoms with Gasteiger partial charge in [0, 0.05) is 30.4 Å². The second-order valence-electron chi connectivity index (χ2n) is 7.93. The van der Waals surface area contributed by atoms with E-state index in [4.69, 9.17) is 4.11 Å². The van der Waals surface area contributed by atoms with Gasteiger partial charge < -0.3 is 20.9 Å². The number of fused-ring (bicyclic) bond motifs is 3. The van der Waals surface area contributed by atoms with Crippen molar-refractivity contribution in [3.8, 4) is 5.69 Å². The van der Waals surface area contributed by atoms with E-state index in [-0.39, 0.29) is 11.4 Å². The molecule has 172 valence electrons. The van der Waals surface area contributed by atoms with Gasteiger partial charge in [-0.25, -0.2) is 14.6 Å². The number of rotatable bonds is 5. The number of pyridine rings is 1. The molecule has 0 bridgehead atoms. The molecule has 11 heteroatoms. The molecule has 0 unspecified atom stereocenters. The first-order valence-corrected chi connectivity index (χ1v) is 10.5. The van der Waals surface area contributed by atoms with E-state index >= 15 is 0 Å². The summed E-state index contributed by atoms with van der Waals surface area (Å²) in [4.78, 5) is 23.6. The molecule has 0 radical (unpaired) electrons. The highest BCUT2D eigenvalue weighted by Crippen LogP contribution is 2.38. The minimum Gasteiger partial charge on any atom is -0.364 e. The lowest BCUT2D eigenvalue weighted by Gasteiger charge is -2.29. The second kappa shape index (κ2) is 8.43. The van der Waals surface area contributed by atoms with Crippen molar-refractivity contribution < 1.29 is 8.91 Å². The molecule has 0 spiro atoms. The van der Waals surface area contributed by atoms with Gasteiger partial charge in [-0.3, -0.25) is 4.79 Å². The number of nitrogens with zero attached hydrogens (tertiary/aromatic N) is 7. The van der Waals surface area contributed by atoms with Crippen LogP contribution < -0.4 is 20.9 Å². The van der Waals surface area contributed by atoms with Crippen molar-refractivity contribution >= 4 is 34.6 Å². The topological polar surface area (TPSA) is 126 Å². The number of carbonyl (C=O) groups excluding carboxylic acids is 1. The molecule has 5 rings (SSSR count). The predicted octanol–water partition coefficient (Wildman–Crippen LogP) is 2.87. The molecular weight excluding hydrogens is 432 g/mol. The van der Waals surface area contributed by atoms with E-state index in [1.807, 2.05) is 55.4 Å². The van der Waals surface area contributed by atoms with E-state index < -0.39 is 12.9 Å². The number of carbonyl (C=O) groups is 1. The molecule has 1 aromatic carbocycles. The monoisotopic (exact) mass is 459 g/mol. The number of benzene rings is 1. The Labute approximate surface area is 200 Å². The zero-order valence-electron chi connectivity index (χ0n) is 21.8. The summed E-state index contributed by atoms with van der Waals surface area (Å²) in [5.41, 5.74) is 3.38. The average Bonchev–Trinajstić information content (AvgIpc) is 3.20. The number of amides is 1. The van der Waals surface area contributed by atoms with Gasteiger partial charge in [-0.15, -0.1) is 10.2 Å². The summed E-state index contributed by atoms with van der Waals surface area (Å²) in [6.07, 6.45) is 1.71. The van der Waals surface area contributed by atoms with Gasteiger partial charge in [0.15, 0.2) is 17.3 Å². The summed E-state index contributed by atoms with van der Waals surface area (Å²) >= 11 is 0. The Bertz CT molecular complexity index is 1480. The van der Waals surface area contributed by atoms with Crippen molar-refractivity contribution in [3.05, 3.63) is 65.5 Å². The molecule has 3 aromatic heterocycles. The SMILES string of the molecule is [2H]C([2H])([2H])NC(=O)c1nnc(Nc2ccc(C)cn2)cc1Nc1cccc2c1N(C)Cc1nc(C)nn1-2. The maximum absolute atomic E-state index is 12.8. The molecule has 1 amide bonds. The molecule has 1 aliphatic rings. The van der Waals surface area contributed by atoms with E-state index in [1.54, 1.807) is 23.0 Å². The van der Waals surface area contributed by atoms with Crippen LogP contribution in [0.25, 0.3) is 5.69 Å². The van der Waals surface area contributed by atoms with E-state index in [0.717, 1.165) is 22.8 Å². The Kier molecular flexibility index (Phi) is 4.45. The third-order valence-electron chi connectivity index (χ3n) is 5.34. The van der Waals surface area contributed by atoms with Crippen molar-refractivity contribution in [1.82, 2.24) is 35.3 Å². The van der Waals surface area contributed by atoms with Gasteiger partial charge in [0.1, 0.15) is 11.6 Å². The molecule has 4 heterocycles. The van der Waals surface area contributed by atoms with Crippen LogP contribution >= 0.6 is 0 Å². The summed E-state index contributed by atoms with van der Waals surface area (Å²) in [6, 6.07) is 10.9. The summed E-state index contributed by atoms with van der Waals surface area (Å²) in [5, 5.41) is 20.9. The zero-order chi connectivity index (χ0) is 26.3. The molecule has 0 saturated heterocycles. The Morgan fingerprint density at radius 3 is 2.76 bits per heavy atom. The molecular formula is C23H24N10O. The number of aryl methyl sites for hydroxylation is 2. The Morgan fingerprint density at radius 2 is 1.97 bits per heavy atom. The molecule has 0 fully saturated rings. The van der Waals surface area contributed by atoms with Crippen LogP contribution in [-0.4, -0.2) is 49.9 Å².